The Morgan fingerprint density at radius 3 is 2.52 bits per heavy atom. The number of carbonyl (C=O) groups excluding carboxylic acids is 1. The standard InChI is InChI=1S/C16H16INO3/c1-10-5-4-6-12(7-10)18-16(19)11-8-13(17)15(21-3)14(9-11)20-2/h4-9H,1-3H3,(H,18,19). The molecule has 0 aliphatic heterocycles. The molecule has 0 radical (unpaired) electrons. The van der Waals surface area contributed by atoms with Crippen LogP contribution >= 0.6 is 22.6 Å². The molecule has 110 valence electrons. The van der Waals surface area contributed by atoms with E-state index >= 15 is 0 Å². The molecule has 4 nitrogen and oxygen atoms in total. The molecule has 2 aromatic rings. The minimum Gasteiger partial charge on any atom is -0.493 e. The average Bonchev–Trinajstić information content (AvgIpc) is 2.46. The van der Waals surface area contributed by atoms with Gasteiger partial charge in [-0.2, -0.15) is 0 Å². The number of aryl methyl sites for hydroxylation is 1. The van der Waals surface area contributed by atoms with Crippen molar-refractivity contribution < 1.29 is 14.3 Å². The van der Waals surface area contributed by atoms with Crippen molar-refractivity contribution in [2.75, 3.05) is 19.5 Å². The highest BCUT2D eigenvalue weighted by Crippen LogP contribution is 2.33. The van der Waals surface area contributed by atoms with E-state index in [0.29, 0.717) is 17.1 Å². The molecule has 1 amide bonds. The largest absolute Gasteiger partial charge is 0.493 e. The topological polar surface area (TPSA) is 47.6 Å². The highest BCUT2D eigenvalue weighted by molar-refractivity contribution is 14.1. The van der Waals surface area contributed by atoms with Crippen LogP contribution in [0.1, 0.15) is 15.9 Å². The van der Waals surface area contributed by atoms with Crippen LogP contribution in [0.5, 0.6) is 11.5 Å². The van der Waals surface area contributed by atoms with Gasteiger partial charge in [0.05, 0.1) is 17.8 Å². The van der Waals surface area contributed by atoms with Gasteiger partial charge in [-0.25, -0.2) is 0 Å². The van der Waals surface area contributed by atoms with Crippen LogP contribution in [-0.4, -0.2) is 20.1 Å². The summed E-state index contributed by atoms with van der Waals surface area (Å²) in [5.74, 6) is 0.989. The molecule has 0 atom stereocenters. The normalized spacial score (nSPS) is 10.1. The van der Waals surface area contributed by atoms with Crippen molar-refractivity contribution in [2.24, 2.45) is 0 Å². The van der Waals surface area contributed by atoms with Gasteiger partial charge in [0.2, 0.25) is 0 Å². The van der Waals surface area contributed by atoms with Gasteiger partial charge in [-0.1, -0.05) is 12.1 Å². The second-order valence-electron chi connectivity index (χ2n) is 4.52. The smallest absolute Gasteiger partial charge is 0.255 e. The summed E-state index contributed by atoms with van der Waals surface area (Å²) in [6, 6.07) is 11.1. The minimum absolute atomic E-state index is 0.181. The Hall–Kier alpha value is -1.76. The molecule has 0 spiro atoms. The van der Waals surface area contributed by atoms with Crippen molar-refractivity contribution in [3.8, 4) is 11.5 Å². The third-order valence-electron chi connectivity index (χ3n) is 2.97. The lowest BCUT2D eigenvalue weighted by Gasteiger charge is -2.12. The molecule has 5 heteroatoms. The summed E-state index contributed by atoms with van der Waals surface area (Å²) in [6.07, 6.45) is 0. The van der Waals surface area contributed by atoms with Crippen molar-refractivity contribution in [1.29, 1.82) is 0 Å². The van der Waals surface area contributed by atoms with Crippen LogP contribution in [0.25, 0.3) is 0 Å². The molecule has 2 aromatic carbocycles. The quantitative estimate of drug-likeness (QED) is 0.797. The Balaban J connectivity index is 2.29. The zero-order valence-corrected chi connectivity index (χ0v) is 14.2. The van der Waals surface area contributed by atoms with Crippen molar-refractivity contribution in [2.45, 2.75) is 6.92 Å². The number of methoxy groups -OCH3 is 2. The zero-order valence-electron chi connectivity index (χ0n) is 12.1. The molecule has 0 saturated carbocycles. The zero-order chi connectivity index (χ0) is 15.4. The lowest BCUT2D eigenvalue weighted by molar-refractivity contribution is 0.102. The van der Waals surface area contributed by atoms with E-state index in [1.165, 1.54) is 0 Å². The molecule has 0 bridgehead atoms. The van der Waals surface area contributed by atoms with Gasteiger partial charge >= 0.3 is 0 Å². The number of hydrogen-bond donors (Lipinski definition) is 1. The van der Waals surface area contributed by atoms with Crippen LogP contribution in [0, 0.1) is 10.5 Å². The molecular weight excluding hydrogens is 381 g/mol. The van der Waals surface area contributed by atoms with Crippen molar-refractivity contribution in [1.82, 2.24) is 0 Å². The molecule has 0 unspecified atom stereocenters. The molecule has 0 fully saturated rings. The van der Waals surface area contributed by atoms with Gasteiger partial charge < -0.3 is 14.8 Å². The molecule has 1 N–H and O–H groups in total. The monoisotopic (exact) mass is 397 g/mol. The van der Waals surface area contributed by atoms with Gasteiger partial charge in [0, 0.05) is 11.3 Å². The maximum Gasteiger partial charge on any atom is 0.255 e. The van der Waals surface area contributed by atoms with E-state index in [0.717, 1.165) is 14.8 Å². The molecule has 0 aliphatic carbocycles. The molecule has 0 aromatic heterocycles. The fourth-order valence-electron chi connectivity index (χ4n) is 1.98. The Kier molecular flexibility index (Phi) is 5.06. The van der Waals surface area contributed by atoms with Crippen LogP contribution in [-0.2, 0) is 0 Å². The second kappa shape index (κ2) is 6.80. The van der Waals surface area contributed by atoms with Crippen molar-refractivity contribution in [3.63, 3.8) is 0 Å². The first kappa shape index (κ1) is 15.6. The number of rotatable bonds is 4. The SMILES string of the molecule is COc1cc(C(=O)Nc2cccc(C)c2)cc(I)c1OC. The summed E-state index contributed by atoms with van der Waals surface area (Å²) in [5.41, 5.74) is 2.39. The Morgan fingerprint density at radius 2 is 1.90 bits per heavy atom. The van der Waals surface area contributed by atoms with E-state index in [4.69, 9.17) is 9.47 Å². The number of ether oxygens (including phenoxy) is 2. The number of nitrogens with one attached hydrogen (secondary N) is 1. The highest BCUT2D eigenvalue weighted by Gasteiger charge is 2.15. The molecular formula is C16H16INO3. The first-order chi connectivity index (χ1) is 10.0. The predicted molar refractivity (Wildman–Crippen MR) is 91.4 cm³/mol. The summed E-state index contributed by atoms with van der Waals surface area (Å²) in [6.45, 7) is 1.98. The summed E-state index contributed by atoms with van der Waals surface area (Å²) in [4.78, 5) is 12.3. The minimum atomic E-state index is -0.181. The summed E-state index contributed by atoms with van der Waals surface area (Å²) >= 11 is 2.12. The predicted octanol–water partition coefficient (Wildman–Crippen LogP) is 3.87. The van der Waals surface area contributed by atoms with E-state index in [9.17, 15) is 4.79 Å². The number of benzene rings is 2. The van der Waals surface area contributed by atoms with Crippen molar-refractivity contribution in [3.05, 3.63) is 51.1 Å². The number of carbonyl (C=O) groups is 1. The third-order valence-corrected chi connectivity index (χ3v) is 3.77. The first-order valence-electron chi connectivity index (χ1n) is 6.34. The van der Waals surface area contributed by atoms with Crippen molar-refractivity contribution >= 4 is 34.2 Å². The summed E-state index contributed by atoms with van der Waals surface area (Å²) in [7, 11) is 3.13. The highest BCUT2D eigenvalue weighted by atomic mass is 127. The van der Waals surface area contributed by atoms with Gasteiger partial charge in [0.25, 0.3) is 5.91 Å². The molecule has 2 rings (SSSR count). The van der Waals surface area contributed by atoms with E-state index in [1.807, 2.05) is 31.2 Å². The first-order valence-corrected chi connectivity index (χ1v) is 7.42. The number of anilines is 1. The average molecular weight is 397 g/mol. The molecule has 21 heavy (non-hydrogen) atoms. The van der Waals surface area contributed by atoms with Gasteiger partial charge in [0.15, 0.2) is 11.5 Å². The van der Waals surface area contributed by atoms with E-state index in [1.54, 1.807) is 26.4 Å². The van der Waals surface area contributed by atoms with Crippen LogP contribution in [0.2, 0.25) is 0 Å². The van der Waals surface area contributed by atoms with Crippen LogP contribution in [0.3, 0.4) is 0 Å². The third kappa shape index (κ3) is 3.66. The van der Waals surface area contributed by atoms with Crippen LogP contribution in [0.4, 0.5) is 5.69 Å². The fourth-order valence-corrected chi connectivity index (χ4v) is 2.80. The number of amides is 1. The molecule has 0 aliphatic rings. The van der Waals surface area contributed by atoms with Crippen LogP contribution < -0.4 is 14.8 Å². The Morgan fingerprint density at radius 1 is 1.14 bits per heavy atom. The van der Waals surface area contributed by atoms with Gasteiger partial charge in [0.1, 0.15) is 0 Å². The van der Waals surface area contributed by atoms with Gasteiger partial charge in [-0.05, 0) is 59.3 Å². The van der Waals surface area contributed by atoms with E-state index in [2.05, 4.69) is 27.9 Å². The van der Waals surface area contributed by atoms with Crippen LogP contribution in [0.15, 0.2) is 36.4 Å². The lowest BCUT2D eigenvalue weighted by atomic mass is 10.1. The maximum absolute atomic E-state index is 12.3. The van der Waals surface area contributed by atoms with E-state index in [-0.39, 0.29) is 5.91 Å². The summed E-state index contributed by atoms with van der Waals surface area (Å²) < 4.78 is 11.4. The second-order valence-corrected chi connectivity index (χ2v) is 5.68. The molecule has 0 saturated heterocycles. The Labute approximate surface area is 137 Å². The number of hydrogen-bond acceptors (Lipinski definition) is 3. The Bertz CT molecular complexity index is 671. The maximum atomic E-state index is 12.3. The van der Waals surface area contributed by atoms with E-state index < -0.39 is 0 Å². The fraction of sp³-hybridized carbons (Fsp3) is 0.188. The summed E-state index contributed by atoms with van der Waals surface area (Å²) in [5, 5.41) is 2.88. The van der Waals surface area contributed by atoms with Gasteiger partial charge in [-0.3, -0.25) is 4.79 Å². The molecule has 0 heterocycles. The van der Waals surface area contributed by atoms with Gasteiger partial charge in [-0.15, -0.1) is 0 Å². The lowest BCUT2D eigenvalue weighted by Crippen LogP contribution is -2.12. The number of halogens is 1.